The van der Waals surface area contributed by atoms with Gasteiger partial charge in [-0.15, -0.1) is 5.92 Å². The topological polar surface area (TPSA) is 112 Å². The third kappa shape index (κ3) is 5.19. The smallest absolute Gasteiger partial charge is 0.284 e. The average molecular weight is 479 g/mol. The van der Waals surface area contributed by atoms with Gasteiger partial charge >= 0.3 is 0 Å². The van der Waals surface area contributed by atoms with Crippen LogP contribution in [0, 0.1) is 17.7 Å². The van der Waals surface area contributed by atoms with Gasteiger partial charge in [-0.05, 0) is 32.0 Å². The van der Waals surface area contributed by atoms with Crippen molar-refractivity contribution < 1.29 is 31.8 Å². The molecule has 1 amide bonds. The van der Waals surface area contributed by atoms with Crippen LogP contribution in [0.25, 0.3) is 0 Å². The number of carbonyl (C=O) groups is 1. The number of aromatic nitrogens is 2. The Kier molecular flexibility index (Phi) is 6.95. The van der Waals surface area contributed by atoms with Crippen molar-refractivity contribution >= 4 is 17.6 Å². The summed E-state index contributed by atoms with van der Waals surface area (Å²) >= 11 is 0. The number of nitrogens with zero attached hydrogens (tertiary/aromatic N) is 3. The number of benzene rings is 1. The molecule has 3 N–H and O–H groups in total. The lowest BCUT2D eigenvalue weighted by Crippen LogP contribution is -2.55. The number of hydrogen-bond donors (Lipinski definition) is 2. The molecule has 1 aromatic carbocycles. The van der Waals surface area contributed by atoms with E-state index in [-0.39, 0.29) is 23.9 Å². The molecule has 0 radical (unpaired) electrons. The molecule has 1 aliphatic rings. The fourth-order valence-corrected chi connectivity index (χ4v) is 3.25. The fourth-order valence-electron chi connectivity index (χ4n) is 3.25. The van der Waals surface area contributed by atoms with Crippen molar-refractivity contribution in [1.82, 2.24) is 9.97 Å². The van der Waals surface area contributed by atoms with Crippen LogP contribution in [0.1, 0.15) is 36.8 Å². The SMILES string of the molecule is CC#CCOc1cnc(C(=O)Nc2ccc(F)c([C@@]3(C)N=C(N)O[C@H](C(C)(F)F)[C@@H]3F)c2)cn1. The Morgan fingerprint density at radius 1 is 1.35 bits per heavy atom. The van der Waals surface area contributed by atoms with Gasteiger partial charge in [0.2, 0.25) is 5.88 Å². The van der Waals surface area contributed by atoms with Crippen molar-refractivity contribution in [3.8, 4) is 17.7 Å². The van der Waals surface area contributed by atoms with Crippen molar-refractivity contribution in [1.29, 1.82) is 0 Å². The molecule has 12 heteroatoms. The van der Waals surface area contributed by atoms with Crippen molar-refractivity contribution in [3.05, 3.63) is 47.7 Å². The molecule has 3 atom stereocenters. The van der Waals surface area contributed by atoms with E-state index in [1.165, 1.54) is 12.3 Å². The van der Waals surface area contributed by atoms with Gasteiger partial charge in [0, 0.05) is 18.2 Å². The number of nitrogens with one attached hydrogen (secondary N) is 1. The predicted octanol–water partition coefficient (Wildman–Crippen LogP) is 3.19. The standard InChI is InChI=1S/C22H21F4N5O3/c1-4-5-8-33-16-11-28-15(10-29-16)19(32)30-12-6-7-14(23)13(9-12)21(2)17(24)18(22(3,25)26)34-20(27)31-21/h6-7,9-11,17-18H,8H2,1-3H3,(H2,27,31)(H,30,32)/t17-,18-,21+/m0/s1. The third-order valence-electron chi connectivity index (χ3n) is 4.99. The molecule has 0 bridgehead atoms. The molecule has 1 aliphatic heterocycles. The molecule has 180 valence electrons. The van der Waals surface area contributed by atoms with Crippen LogP contribution in [-0.2, 0) is 10.3 Å². The number of carbonyl (C=O) groups excluding carboxylic acids is 1. The molecule has 0 unspecified atom stereocenters. The van der Waals surface area contributed by atoms with Gasteiger partial charge in [-0.3, -0.25) is 4.79 Å². The van der Waals surface area contributed by atoms with Gasteiger partial charge in [0.05, 0.1) is 12.4 Å². The Balaban J connectivity index is 1.85. The molecule has 34 heavy (non-hydrogen) atoms. The van der Waals surface area contributed by atoms with Crippen molar-refractivity contribution in [2.45, 2.75) is 44.5 Å². The van der Waals surface area contributed by atoms with E-state index in [4.69, 9.17) is 15.2 Å². The Bertz CT molecular complexity index is 1160. The van der Waals surface area contributed by atoms with Gasteiger partial charge in [-0.2, -0.15) is 0 Å². The largest absolute Gasteiger partial charge is 0.463 e. The zero-order valence-corrected chi connectivity index (χ0v) is 18.4. The van der Waals surface area contributed by atoms with Crippen LogP contribution in [0.3, 0.4) is 0 Å². The molecule has 3 rings (SSSR count). The summed E-state index contributed by atoms with van der Waals surface area (Å²) in [6.07, 6.45) is -2.35. The normalized spacial score (nSPS) is 22.0. The molecule has 0 spiro atoms. The second-order valence-corrected chi connectivity index (χ2v) is 7.60. The van der Waals surface area contributed by atoms with E-state index in [1.807, 2.05) is 0 Å². The van der Waals surface area contributed by atoms with Gasteiger partial charge in [0.1, 0.15) is 17.1 Å². The highest BCUT2D eigenvalue weighted by molar-refractivity contribution is 6.02. The third-order valence-corrected chi connectivity index (χ3v) is 4.99. The summed E-state index contributed by atoms with van der Waals surface area (Å²) in [5.74, 6) is 0.217. The maximum atomic E-state index is 15.2. The first kappa shape index (κ1) is 24.8. The summed E-state index contributed by atoms with van der Waals surface area (Å²) in [7, 11) is 0. The lowest BCUT2D eigenvalue weighted by molar-refractivity contribution is -0.138. The summed E-state index contributed by atoms with van der Waals surface area (Å²) in [6, 6.07) is 2.53. The summed E-state index contributed by atoms with van der Waals surface area (Å²) in [4.78, 5) is 24.2. The van der Waals surface area contributed by atoms with Crippen molar-refractivity contribution in [3.63, 3.8) is 0 Å². The molecular weight excluding hydrogens is 458 g/mol. The molecule has 0 fully saturated rings. The lowest BCUT2D eigenvalue weighted by atomic mass is 9.82. The number of amidine groups is 1. The molecule has 0 saturated carbocycles. The maximum Gasteiger partial charge on any atom is 0.284 e. The first-order valence-corrected chi connectivity index (χ1v) is 9.95. The van der Waals surface area contributed by atoms with Gasteiger partial charge in [0.25, 0.3) is 17.9 Å². The van der Waals surface area contributed by atoms with Crippen LogP contribution in [0.2, 0.25) is 0 Å². The van der Waals surface area contributed by atoms with Gasteiger partial charge in [-0.25, -0.2) is 32.5 Å². The Labute approximate surface area is 192 Å². The number of halogens is 4. The summed E-state index contributed by atoms with van der Waals surface area (Å²) < 4.78 is 67.6. The Morgan fingerprint density at radius 2 is 2.09 bits per heavy atom. The highest BCUT2D eigenvalue weighted by Crippen LogP contribution is 2.42. The first-order chi connectivity index (χ1) is 16.0. The van der Waals surface area contributed by atoms with E-state index in [0.29, 0.717) is 6.92 Å². The number of hydrogen-bond acceptors (Lipinski definition) is 7. The number of amides is 1. The van der Waals surface area contributed by atoms with Crippen LogP contribution >= 0.6 is 0 Å². The van der Waals surface area contributed by atoms with E-state index in [0.717, 1.165) is 25.3 Å². The van der Waals surface area contributed by atoms with E-state index >= 15 is 4.39 Å². The average Bonchev–Trinajstić information content (AvgIpc) is 2.77. The van der Waals surface area contributed by atoms with Gasteiger partial charge in [-0.1, -0.05) is 5.92 Å². The Morgan fingerprint density at radius 3 is 2.71 bits per heavy atom. The second-order valence-electron chi connectivity index (χ2n) is 7.60. The van der Waals surface area contributed by atoms with Gasteiger partial charge in [0.15, 0.2) is 18.9 Å². The number of nitrogens with two attached hydrogens (primary N) is 1. The fraction of sp³-hybridized carbons (Fsp3) is 0.364. The van der Waals surface area contributed by atoms with Crippen molar-refractivity contribution in [2.75, 3.05) is 11.9 Å². The monoisotopic (exact) mass is 479 g/mol. The number of anilines is 1. The number of rotatable bonds is 6. The minimum Gasteiger partial charge on any atom is -0.463 e. The van der Waals surface area contributed by atoms with Gasteiger partial charge < -0.3 is 20.5 Å². The highest BCUT2D eigenvalue weighted by atomic mass is 19.3. The van der Waals surface area contributed by atoms with E-state index in [2.05, 4.69) is 32.1 Å². The molecule has 0 saturated heterocycles. The van der Waals surface area contributed by atoms with Crippen LogP contribution in [0.5, 0.6) is 5.88 Å². The number of ether oxygens (including phenoxy) is 2. The summed E-state index contributed by atoms with van der Waals surface area (Å²) in [5.41, 5.74) is 2.90. The van der Waals surface area contributed by atoms with Crippen LogP contribution in [0.15, 0.2) is 35.6 Å². The van der Waals surface area contributed by atoms with Crippen LogP contribution in [0.4, 0.5) is 23.2 Å². The van der Waals surface area contributed by atoms with Crippen LogP contribution < -0.4 is 15.8 Å². The maximum absolute atomic E-state index is 15.2. The number of alkyl halides is 3. The molecule has 2 heterocycles. The zero-order chi connectivity index (χ0) is 25.1. The lowest BCUT2D eigenvalue weighted by Gasteiger charge is -2.40. The number of aliphatic imine (C=N–C) groups is 1. The first-order valence-electron chi connectivity index (χ1n) is 9.95. The summed E-state index contributed by atoms with van der Waals surface area (Å²) in [5, 5.41) is 2.47. The van der Waals surface area contributed by atoms with E-state index < -0.39 is 47.0 Å². The van der Waals surface area contributed by atoms with E-state index in [1.54, 1.807) is 6.92 Å². The molecule has 8 nitrogen and oxygen atoms in total. The van der Waals surface area contributed by atoms with Crippen LogP contribution in [-0.4, -0.2) is 46.7 Å². The molecule has 1 aromatic heterocycles. The molecule has 0 aliphatic carbocycles. The highest BCUT2D eigenvalue weighted by Gasteiger charge is 2.55. The zero-order valence-electron chi connectivity index (χ0n) is 18.4. The quantitative estimate of drug-likeness (QED) is 0.486. The Hall–Kier alpha value is -3.88. The predicted molar refractivity (Wildman–Crippen MR) is 115 cm³/mol. The van der Waals surface area contributed by atoms with E-state index in [9.17, 15) is 18.0 Å². The molecule has 2 aromatic rings. The molecular formula is C22H21F4N5O3. The summed E-state index contributed by atoms with van der Waals surface area (Å²) in [6.45, 7) is 3.33. The minimum absolute atomic E-state index is 0.0373. The minimum atomic E-state index is -3.62. The second kappa shape index (κ2) is 9.54. The van der Waals surface area contributed by atoms with Crippen molar-refractivity contribution in [2.24, 2.45) is 10.7 Å².